The van der Waals surface area contributed by atoms with Gasteiger partial charge in [0.25, 0.3) is 0 Å². The van der Waals surface area contributed by atoms with Crippen molar-refractivity contribution in [2.75, 3.05) is 20.8 Å². The van der Waals surface area contributed by atoms with Gasteiger partial charge in [0.15, 0.2) is 18.1 Å². The van der Waals surface area contributed by atoms with E-state index in [1.165, 1.54) is 14.2 Å². The first-order valence-corrected chi connectivity index (χ1v) is 5.97. The lowest BCUT2D eigenvalue weighted by Gasteiger charge is -2.17. The number of ether oxygens (including phenoxy) is 3. The zero-order valence-electron chi connectivity index (χ0n) is 11.6. The molecule has 20 heavy (non-hydrogen) atoms. The van der Waals surface area contributed by atoms with Crippen LogP contribution in [0.2, 0.25) is 0 Å². The smallest absolute Gasteiger partial charge is 0.422 e. The van der Waals surface area contributed by atoms with Crippen molar-refractivity contribution in [3.05, 3.63) is 17.7 Å². The Morgan fingerprint density at radius 2 is 1.65 bits per heavy atom. The summed E-state index contributed by atoms with van der Waals surface area (Å²) in [7, 11) is 2.70. The Kier molecular flexibility index (Phi) is 5.50. The second-order valence-corrected chi connectivity index (χ2v) is 4.41. The van der Waals surface area contributed by atoms with E-state index in [4.69, 9.17) is 19.9 Å². The van der Waals surface area contributed by atoms with Gasteiger partial charge in [-0.05, 0) is 31.0 Å². The molecule has 0 aliphatic rings. The van der Waals surface area contributed by atoms with Gasteiger partial charge < -0.3 is 19.9 Å². The van der Waals surface area contributed by atoms with Crippen LogP contribution < -0.4 is 19.9 Å². The van der Waals surface area contributed by atoms with E-state index in [0.29, 0.717) is 6.42 Å². The molecule has 1 rings (SSSR count). The molecule has 1 aromatic carbocycles. The molecule has 114 valence electrons. The number of hydrogen-bond donors (Lipinski definition) is 1. The van der Waals surface area contributed by atoms with Crippen LogP contribution in [-0.4, -0.2) is 33.0 Å². The standard InChI is InChI=1S/C13H18F3NO3/c1-8(17)4-9-5-10(18-2)12(11(6-9)19-3)20-7-13(14,15)16/h5-6,8H,4,7,17H2,1-3H3. The third-order valence-electron chi connectivity index (χ3n) is 2.46. The summed E-state index contributed by atoms with van der Waals surface area (Å²) in [6, 6.07) is 3.10. The van der Waals surface area contributed by atoms with E-state index in [0.717, 1.165) is 5.56 Å². The first kappa shape index (κ1) is 16.4. The maximum Gasteiger partial charge on any atom is 0.422 e. The van der Waals surface area contributed by atoms with E-state index in [2.05, 4.69) is 0 Å². The molecule has 0 aliphatic heterocycles. The molecule has 0 heterocycles. The van der Waals surface area contributed by atoms with E-state index in [1.54, 1.807) is 12.1 Å². The van der Waals surface area contributed by atoms with Crippen LogP contribution in [0, 0.1) is 0 Å². The minimum Gasteiger partial charge on any atom is -0.493 e. The van der Waals surface area contributed by atoms with E-state index >= 15 is 0 Å². The zero-order valence-corrected chi connectivity index (χ0v) is 11.6. The molecule has 7 heteroatoms. The summed E-state index contributed by atoms with van der Waals surface area (Å²) in [5.74, 6) is 0.300. The molecule has 4 nitrogen and oxygen atoms in total. The lowest BCUT2D eigenvalue weighted by Crippen LogP contribution is -2.20. The third kappa shape index (κ3) is 4.80. The maximum atomic E-state index is 12.2. The van der Waals surface area contributed by atoms with Crippen LogP contribution >= 0.6 is 0 Å². The Morgan fingerprint density at radius 1 is 1.15 bits per heavy atom. The average molecular weight is 293 g/mol. The van der Waals surface area contributed by atoms with Crippen LogP contribution in [0.25, 0.3) is 0 Å². The van der Waals surface area contributed by atoms with Gasteiger partial charge >= 0.3 is 6.18 Å². The van der Waals surface area contributed by atoms with E-state index in [1.807, 2.05) is 6.92 Å². The Labute approximate surface area is 115 Å². The van der Waals surface area contributed by atoms with Gasteiger partial charge in [0.2, 0.25) is 5.75 Å². The quantitative estimate of drug-likeness (QED) is 0.875. The van der Waals surface area contributed by atoms with Crippen LogP contribution in [-0.2, 0) is 6.42 Å². The molecule has 0 spiro atoms. The first-order valence-electron chi connectivity index (χ1n) is 5.97. The van der Waals surface area contributed by atoms with Crippen LogP contribution in [0.15, 0.2) is 12.1 Å². The van der Waals surface area contributed by atoms with Gasteiger partial charge in [-0.2, -0.15) is 13.2 Å². The van der Waals surface area contributed by atoms with Crippen molar-refractivity contribution in [3.8, 4) is 17.2 Å². The zero-order chi connectivity index (χ0) is 15.3. The Hall–Kier alpha value is -1.63. The Balaban J connectivity index is 3.08. The highest BCUT2D eigenvalue weighted by Gasteiger charge is 2.30. The fourth-order valence-electron chi connectivity index (χ4n) is 1.72. The summed E-state index contributed by atoms with van der Waals surface area (Å²) in [4.78, 5) is 0. The molecule has 0 fully saturated rings. The average Bonchev–Trinajstić information content (AvgIpc) is 2.34. The number of methoxy groups -OCH3 is 2. The molecule has 1 unspecified atom stereocenters. The number of halogens is 3. The van der Waals surface area contributed by atoms with Crippen molar-refractivity contribution in [2.45, 2.75) is 25.6 Å². The summed E-state index contributed by atoms with van der Waals surface area (Å²) in [5, 5.41) is 0. The van der Waals surface area contributed by atoms with Gasteiger partial charge in [0.05, 0.1) is 14.2 Å². The van der Waals surface area contributed by atoms with Gasteiger partial charge in [-0.3, -0.25) is 0 Å². The van der Waals surface area contributed by atoms with Crippen molar-refractivity contribution >= 4 is 0 Å². The second kappa shape index (κ2) is 6.69. The molecule has 1 atom stereocenters. The molecule has 1 aromatic rings. The van der Waals surface area contributed by atoms with E-state index in [9.17, 15) is 13.2 Å². The van der Waals surface area contributed by atoms with E-state index < -0.39 is 12.8 Å². The predicted octanol–water partition coefficient (Wildman–Crippen LogP) is 2.53. The predicted molar refractivity (Wildman–Crippen MR) is 68.4 cm³/mol. The summed E-state index contributed by atoms with van der Waals surface area (Å²) in [5.41, 5.74) is 6.50. The van der Waals surface area contributed by atoms with Crippen molar-refractivity contribution in [1.82, 2.24) is 0 Å². The van der Waals surface area contributed by atoms with Crippen molar-refractivity contribution in [1.29, 1.82) is 0 Å². The molecule has 0 aromatic heterocycles. The normalized spacial score (nSPS) is 12.9. The van der Waals surface area contributed by atoms with Crippen molar-refractivity contribution in [2.24, 2.45) is 5.73 Å². The lowest BCUT2D eigenvalue weighted by molar-refractivity contribution is -0.153. The molecule has 0 saturated carbocycles. The lowest BCUT2D eigenvalue weighted by atomic mass is 10.1. The highest BCUT2D eigenvalue weighted by molar-refractivity contribution is 5.54. The van der Waals surface area contributed by atoms with E-state index in [-0.39, 0.29) is 23.3 Å². The van der Waals surface area contributed by atoms with Gasteiger partial charge in [0.1, 0.15) is 0 Å². The van der Waals surface area contributed by atoms with Crippen molar-refractivity contribution < 1.29 is 27.4 Å². The van der Waals surface area contributed by atoms with Crippen LogP contribution in [0.3, 0.4) is 0 Å². The van der Waals surface area contributed by atoms with Gasteiger partial charge in [0, 0.05) is 6.04 Å². The number of nitrogens with two attached hydrogens (primary N) is 1. The summed E-state index contributed by atoms with van der Waals surface area (Å²) in [6.45, 7) is 0.416. The topological polar surface area (TPSA) is 53.7 Å². The van der Waals surface area contributed by atoms with Gasteiger partial charge in [-0.25, -0.2) is 0 Å². The van der Waals surface area contributed by atoms with Gasteiger partial charge in [-0.15, -0.1) is 0 Å². The summed E-state index contributed by atoms with van der Waals surface area (Å²) in [6.07, 6.45) is -3.88. The fraction of sp³-hybridized carbons (Fsp3) is 0.538. The molecular weight excluding hydrogens is 275 g/mol. The first-order chi connectivity index (χ1) is 9.26. The Bertz CT molecular complexity index is 422. The fourth-order valence-corrected chi connectivity index (χ4v) is 1.72. The molecule has 0 aliphatic carbocycles. The summed E-state index contributed by atoms with van der Waals surface area (Å²) >= 11 is 0. The number of benzene rings is 1. The molecule has 0 saturated heterocycles. The molecule has 0 amide bonds. The number of rotatable bonds is 6. The molecular formula is C13H18F3NO3. The SMILES string of the molecule is COc1cc(CC(C)N)cc(OC)c1OCC(F)(F)F. The van der Waals surface area contributed by atoms with Crippen LogP contribution in [0.5, 0.6) is 17.2 Å². The Morgan fingerprint density at radius 3 is 2.00 bits per heavy atom. The highest BCUT2D eigenvalue weighted by atomic mass is 19.4. The van der Waals surface area contributed by atoms with Crippen LogP contribution in [0.4, 0.5) is 13.2 Å². The largest absolute Gasteiger partial charge is 0.493 e. The number of alkyl halides is 3. The molecule has 0 bridgehead atoms. The second-order valence-electron chi connectivity index (χ2n) is 4.41. The van der Waals surface area contributed by atoms with Crippen LogP contribution in [0.1, 0.15) is 12.5 Å². The third-order valence-corrected chi connectivity index (χ3v) is 2.46. The minimum atomic E-state index is -4.43. The monoisotopic (exact) mass is 293 g/mol. The maximum absolute atomic E-state index is 12.2. The number of hydrogen-bond acceptors (Lipinski definition) is 4. The molecule has 0 radical (unpaired) electrons. The highest BCUT2D eigenvalue weighted by Crippen LogP contribution is 2.39. The minimum absolute atomic E-state index is 0.0688. The van der Waals surface area contributed by atoms with Gasteiger partial charge in [-0.1, -0.05) is 0 Å². The summed E-state index contributed by atoms with van der Waals surface area (Å²) < 4.78 is 51.6. The molecule has 2 N–H and O–H groups in total. The van der Waals surface area contributed by atoms with Crippen molar-refractivity contribution in [3.63, 3.8) is 0 Å².